The molecule has 0 bridgehead atoms. The lowest BCUT2D eigenvalue weighted by Gasteiger charge is -2.08. The summed E-state index contributed by atoms with van der Waals surface area (Å²) in [4.78, 5) is 0. The van der Waals surface area contributed by atoms with Gasteiger partial charge in [-0.15, -0.1) is 0 Å². The fourth-order valence-corrected chi connectivity index (χ4v) is 3.46. The van der Waals surface area contributed by atoms with E-state index < -0.39 is 19.1 Å². The molecule has 0 saturated carbocycles. The van der Waals surface area contributed by atoms with Gasteiger partial charge >= 0.3 is 0 Å². The Balaban J connectivity index is 0.000000196. The van der Waals surface area contributed by atoms with E-state index in [1.54, 1.807) is 41.7 Å². The summed E-state index contributed by atoms with van der Waals surface area (Å²) in [5.41, 5.74) is 8.89. The van der Waals surface area contributed by atoms with E-state index in [0.717, 1.165) is 27.5 Å². The van der Waals surface area contributed by atoms with Crippen LogP contribution in [0.25, 0.3) is 21.8 Å². The van der Waals surface area contributed by atoms with Gasteiger partial charge in [-0.3, -0.25) is 14.1 Å². The fraction of sp³-hybridized carbons (Fsp3) is 0.300. The summed E-state index contributed by atoms with van der Waals surface area (Å²) >= 11 is 0. The summed E-state index contributed by atoms with van der Waals surface area (Å²) in [5.74, 6) is 0.0653. The number of hydrogen-bond acceptors (Lipinski definition) is 7. The van der Waals surface area contributed by atoms with E-state index in [4.69, 9.17) is 5.73 Å². The highest BCUT2D eigenvalue weighted by Gasteiger charge is 2.11. The number of fused-ring (bicyclic) bond motifs is 2. The minimum absolute atomic E-state index is 0.00849. The molecule has 13 heteroatoms. The number of nitrogens with two attached hydrogens (primary N) is 1. The van der Waals surface area contributed by atoms with Crippen LogP contribution >= 0.6 is 10.7 Å². The summed E-state index contributed by atoms with van der Waals surface area (Å²) < 4.78 is 48.5. The van der Waals surface area contributed by atoms with E-state index in [2.05, 4.69) is 25.6 Å². The zero-order valence-corrected chi connectivity index (χ0v) is 21.1. The highest BCUT2D eigenvalue weighted by molar-refractivity contribution is 8.13. The Kier molecular flexibility index (Phi) is 8.69. The highest BCUT2D eigenvalue weighted by Crippen LogP contribution is 2.23. The van der Waals surface area contributed by atoms with Crippen molar-refractivity contribution in [1.29, 1.82) is 0 Å². The zero-order valence-electron chi connectivity index (χ0n) is 18.7. The van der Waals surface area contributed by atoms with Crippen LogP contribution in [-0.4, -0.2) is 47.9 Å². The average molecular weight is 515 g/mol. The van der Waals surface area contributed by atoms with Gasteiger partial charge in [0.2, 0.25) is 19.1 Å². The van der Waals surface area contributed by atoms with Gasteiger partial charge in [0, 0.05) is 35.6 Å². The summed E-state index contributed by atoms with van der Waals surface area (Å²) in [6.07, 6.45) is 3.52. The number of sulfonamides is 1. The van der Waals surface area contributed by atoms with Crippen LogP contribution in [0.15, 0.2) is 48.8 Å². The second-order valence-corrected chi connectivity index (χ2v) is 12.0. The van der Waals surface area contributed by atoms with Crippen molar-refractivity contribution in [2.24, 2.45) is 14.1 Å². The van der Waals surface area contributed by atoms with E-state index >= 15 is 0 Å². The molecular formula is C20H27ClN6O4S2. The number of nitrogens with one attached hydrogen (secondary N) is 1. The molecule has 180 valence electrons. The van der Waals surface area contributed by atoms with Crippen LogP contribution in [0, 0.1) is 0 Å². The van der Waals surface area contributed by atoms with Crippen molar-refractivity contribution in [3.8, 4) is 0 Å². The molecule has 0 aliphatic carbocycles. The maximum Gasteiger partial charge on any atom is 0.232 e. The van der Waals surface area contributed by atoms with Gasteiger partial charge < -0.3 is 5.73 Å². The molecule has 0 aliphatic rings. The maximum absolute atomic E-state index is 11.5. The molecule has 2 aromatic heterocycles. The van der Waals surface area contributed by atoms with Crippen molar-refractivity contribution in [3.63, 3.8) is 0 Å². The number of para-hydroxylation sites is 2. The largest absolute Gasteiger partial charge is 0.397 e. The van der Waals surface area contributed by atoms with Gasteiger partial charge in [0.05, 0.1) is 46.3 Å². The predicted molar refractivity (Wildman–Crippen MR) is 134 cm³/mol. The summed E-state index contributed by atoms with van der Waals surface area (Å²) in [5, 5.41) is 10.2. The van der Waals surface area contributed by atoms with Crippen LogP contribution in [0.5, 0.6) is 0 Å². The number of nitrogens with zero attached hydrogens (tertiary/aromatic N) is 4. The van der Waals surface area contributed by atoms with Gasteiger partial charge in [-0.2, -0.15) is 10.2 Å². The summed E-state index contributed by atoms with van der Waals surface area (Å²) in [7, 11) is 1.92. The number of rotatable bonds is 4. The topological polar surface area (TPSA) is 142 Å². The normalized spacial score (nSPS) is 11.4. The molecule has 0 spiro atoms. The third-order valence-electron chi connectivity index (χ3n) is 4.54. The SMILES string of the molecule is CCS(=O)(=O)Cl.CCS(=O)(=O)Nc1cccc2cnn(C)c12.Cn1ncc2cccc(N)c21. The fourth-order valence-electron chi connectivity index (χ4n) is 2.82. The molecular weight excluding hydrogens is 488 g/mol. The van der Waals surface area contributed by atoms with Gasteiger partial charge in [-0.1, -0.05) is 31.2 Å². The number of benzene rings is 2. The molecule has 33 heavy (non-hydrogen) atoms. The van der Waals surface area contributed by atoms with Gasteiger partial charge in [0.1, 0.15) is 0 Å². The molecule has 4 rings (SSSR count). The molecule has 0 fully saturated rings. The second-order valence-electron chi connectivity index (χ2n) is 6.90. The quantitative estimate of drug-likeness (QED) is 0.314. The van der Waals surface area contributed by atoms with Crippen LogP contribution in [0.3, 0.4) is 0 Å². The molecule has 0 saturated heterocycles. The first-order valence-corrected chi connectivity index (χ1v) is 14.0. The first-order valence-electron chi connectivity index (χ1n) is 9.88. The van der Waals surface area contributed by atoms with E-state index in [-0.39, 0.29) is 11.5 Å². The van der Waals surface area contributed by atoms with Gasteiger partial charge in [-0.05, 0) is 19.1 Å². The Labute approximate surface area is 197 Å². The minimum Gasteiger partial charge on any atom is -0.397 e. The van der Waals surface area contributed by atoms with E-state index in [1.807, 2.05) is 37.5 Å². The van der Waals surface area contributed by atoms with Crippen molar-refractivity contribution in [2.75, 3.05) is 22.0 Å². The molecule has 0 unspecified atom stereocenters. The number of aryl methyl sites for hydroxylation is 2. The van der Waals surface area contributed by atoms with Crippen LogP contribution in [-0.2, 0) is 33.2 Å². The number of aromatic nitrogens is 4. The smallest absolute Gasteiger partial charge is 0.232 e. The van der Waals surface area contributed by atoms with Crippen molar-refractivity contribution < 1.29 is 16.8 Å². The van der Waals surface area contributed by atoms with Gasteiger partial charge in [0.25, 0.3) is 0 Å². The Morgan fingerprint density at radius 3 is 1.85 bits per heavy atom. The predicted octanol–water partition coefficient (Wildman–Crippen LogP) is 3.07. The third-order valence-corrected chi connectivity index (χ3v) is 7.18. The molecule has 0 amide bonds. The highest BCUT2D eigenvalue weighted by atomic mass is 35.7. The first-order chi connectivity index (χ1) is 15.4. The Morgan fingerprint density at radius 1 is 0.879 bits per heavy atom. The molecule has 0 aliphatic heterocycles. The van der Waals surface area contributed by atoms with Crippen molar-refractivity contribution in [1.82, 2.24) is 19.6 Å². The molecule has 4 aromatic rings. The molecule has 0 atom stereocenters. The average Bonchev–Trinajstić information content (AvgIpc) is 3.33. The molecule has 2 aromatic carbocycles. The number of halogens is 1. The molecule has 10 nitrogen and oxygen atoms in total. The maximum atomic E-state index is 11.5. The van der Waals surface area contributed by atoms with E-state index in [1.165, 1.54) is 6.92 Å². The molecule has 0 radical (unpaired) electrons. The van der Waals surface area contributed by atoms with Crippen molar-refractivity contribution in [2.45, 2.75) is 13.8 Å². The van der Waals surface area contributed by atoms with E-state index in [9.17, 15) is 16.8 Å². The second kappa shape index (κ2) is 10.9. The lowest BCUT2D eigenvalue weighted by molar-refractivity contribution is 0.602. The number of nitrogen functional groups attached to an aromatic ring is 1. The van der Waals surface area contributed by atoms with Gasteiger partial charge in [0.15, 0.2) is 0 Å². The van der Waals surface area contributed by atoms with Gasteiger partial charge in [-0.25, -0.2) is 16.8 Å². The first kappa shape index (κ1) is 26.4. The monoisotopic (exact) mass is 514 g/mol. The van der Waals surface area contributed by atoms with Crippen molar-refractivity contribution in [3.05, 3.63) is 48.8 Å². The minimum atomic E-state index is -3.25. The Morgan fingerprint density at radius 2 is 1.36 bits per heavy atom. The summed E-state index contributed by atoms with van der Waals surface area (Å²) in [6, 6.07) is 11.2. The number of anilines is 2. The Bertz CT molecular complexity index is 1450. The lowest BCUT2D eigenvalue weighted by atomic mass is 10.2. The summed E-state index contributed by atoms with van der Waals surface area (Å²) in [6.45, 7) is 3.09. The van der Waals surface area contributed by atoms with Crippen LogP contribution in [0.2, 0.25) is 0 Å². The standard InChI is InChI=1S/C10H13N3O2S.C8H9N3.C2H5ClO2S/c1-3-16(14,15)12-9-6-4-5-8-7-11-13(2)10(8)9;1-11-8-6(5-10-11)3-2-4-7(8)9;1-2-6(3,4)5/h4-7,12H,3H2,1-2H3;2-5H,9H2,1H3;2H2,1H3. The van der Waals surface area contributed by atoms with Crippen LogP contribution in [0.4, 0.5) is 11.4 Å². The van der Waals surface area contributed by atoms with E-state index in [0.29, 0.717) is 5.69 Å². The Hall–Kier alpha value is -2.83. The van der Waals surface area contributed by atoms with Crippen LogP contribution < -0.4 is 10.5 Å². The molecule has 2 heterocycles. The lowest BCUT2D eigenvalue weighted by Crippen LogP contribution is -2.15. The third kappa shape index (κ3) is 7.34. The van der Waals surface area contributed by atoms with Crippen LogP contribution in [0.1, 0.15) is 13.8 Å². The van der Waals surface area contributed by atoms with Crippen molar-refractivity contribution >= 4 is 62.9 Å². The molecule has 3 N–H and O–H groups in total. The zero-order chi connectivity index (χ0) is 24.8. The number of hydrogen-bond donors (Lipinski definition) is 2.